The Bertz CT molecular complexity index is 446. The fraction of sp³-hybridized carbons (Fsp3) is 0.364. The number of nitrogens with one attached hydrogen (secondary N) is 1. The smallest absolute Gasteiger partial charge is 0.295 e. The zero-order valence-corrected chi connectivity index (χ0v) is 9.77. The molecule has 0 heterocycles. The van der Waals surface area contributed by atoms with Gasteiger partial charge in [-0.1, -0.05) is 12.1 Å². The Hall–Kier alpha value is -2.11. The van der Waals surface area contributed by atoms with Crippen molar-refractivity contribution in [2.75, 3.05) is 5.32 Å². The first kappa shape index (κ1) is 13.0. The van der Waals surface area contributed by atoms with Crippen LogP contribution in [0.15, 0.2) is 18.2 Å². The lowest BCUT2D eigenvalue weighted by Gasteiger charge is -2.14. The summed E-state index contributed by atoms with van der Waals surface area (Å²) in [6, 6.07) is 4.76. The van der Waals surface area contributed by atoms with Crippen LogP contribution in [0, 0.1) is 17.0 Å². The maximum atomic E-state index is 10.9. The fourth-order valence-electron chi connectivity index (χ4n) is 1.64. The van der Waals surface area contributed by atoms with Crippen molar-refractivity contribution in [1.29, 1.82) is 0 Å². The van der Waals surface area contributed by atoms with Crippen LogP contribution < -0.4 is 11.1 Å². The minimum absolute atomic E-state index is 0.0313. The standard InChI is InChI=1S/C11H15N3O3/c1-7-4-3-5-9(11(7)14(16)17)13-8(2)6-10(12)15/h3-5,8,13H,6H2,1-2H3,(H2,12,15). The van der Waals surface area contributed by atoms with Crippen molar-refractivity contribution in [3.8, 4) is 0 Å². The van der Waals surface area contributed by atoms with Gasteiger partial charge in [-0.05, 0) is 19.9 Å². The number of rotatable bonds is 5. The third kappa shape index (κ3) is 3.44. The van der Waals surface area contributed by atoms with Gasteiger partial charge in [-0.15, -0.1) is 0 Å². The molecule has 0 saturated carbocycles. The van der Waals surface area contributed by atoms with E-state index in [1.807, 2.05) is 0 Å². The molecule has 0 aromatic heterocycles. The van der Waals surface area contributed by atoms with Crippen LogP contribution in [0.1, 0.15) is 18.9 Å². The number of primary amides is 1. The normalized spacial score (nSPS) is 11.9. The minimum Gasteiger partial charge on any atom is -0.377 e. The molecule has 0 aliphatic heterocycles. The SMILES string of the molecule is Cc1cccc(NC(C)CC(N)=O)c1[N+](=O)[O-]. The monoisotopic (exact) mass is 237 g/mol. The third-order valence-electron chi connectivity index (χ3n) is 2.33. The van der Waals surface area contributed by atoms with Crippen LogP contribution in [0.25, 0.3) is 0 Å². The molecule has 1 amide bonds. The Morgan fingerprint density at radius 1 is 1.59 bits per heavy atom. The summed E-state index contributed by atoms with van der Waals surface area (Å²) >= 11 is 0. The summed E-state index contributed by atoms with van der Waals surface area (Å²) in [6.07, 6.45) is 0.130. The van der Waals surface area contributed by atoms with Crippen molar-refractivity contribution >= 4 is 17.3 Å². The molecule has 0 bridgehead atoms. The molecule has 0 aliphatic rings. The van der Waals surface area contributed by atoms with E-state index in [0.717, 1.165) is 0 Å². The van der Waals surface area contributed by atoms with Gasteiger partial charge < -0.3 is 11.1 Å². The van der Waals surface area contributed by atoms with Crippen LogP contribution >= 0.6 is 0 Å². The van der Waals surface area contributed by atoms with Crippen LogP contribution in [-0.4, -0.2) is 16.9 Å². The molecule has 3 N–H and O–H groups in total. The van der Waals surface area contributed by atoms with Gasteiger partial charge >= 0.3 is 0 Å². The molecule has 0 fully saturated rings. The summed E-state index contributed by atoms with van der Waals surface area (Å²) in [5.41, 5.74) is 6.07. The zero-order chi connectivity index (χ0) is 13.0. The predicted octanol–water partition coefficient (Wildman–Crippen LogP) is 1.58. The molecule has 6 nitrogen and oxygen atoms in total. The van der Waals surface area contributed by atoms with Gasteiger partial charge in [0.05, 0.1) is 4.92 Å². The number of amides is 1. The molecular weight excluding hydrogens is 222 g/mol. The molecule has 6 heteroatoms. The Morgan fingerprint density at radius 2 is 2.24 bits per heavy atom. The van der Waals surface area contributed by atoms with Crippen molar-refractivity contribution in [2.24, 2.45) is 5.73 Å². The number of para-hydroxylation sites is 1. The Kier molecular flexibility index (Phi) is 4.03. The number of carbonyl (C=O) groups excluding carboxylic acids is 1. The van der Waals surface area contributed by atoms with Crippen LogP contribution in [0.5, 0.6) is 0 Å². The molecule has 92 valence electrons. The van der Waals surface area contributed by atoms with Crippen LogP contribution in [0.3, 0.4) is 0 Å². The molecule has 0 aliphatic carbocycles. The number of nitro benzene ring substituents is 1. The molecule has 0 radical (unpaired) electrons. The predicted molar refractivity (Wildman–Crippen MR) is 64.7 cm³/mol. The average molecular weight is 237 g/mol. The second-order valence-electron chi connectivity index (χ2n) is 3.94. The van der Waals surface area contributed by atoms with E-state index < -0.39 is 10.8 Å². The van der Waals surface area contributed by atoms with Gasteiger partial charge in [0.15, 0.2) is 0 Å². The fourth-order valence-corrected chi connectivity index (χ4v) is 1.64. The number of aryl methyl sites for hydroxylation is 1. The first-order chi connectivity index (χ1) is 7.91. The van der Waals surface area contributed by atoms with Crippen molar-refractivity contribution < 1.29 is 9.72 Å². The van der Waals surface area contributed by atoms with E-state index in [-0.39, 0.29) is 18.2 Å². The van der Waals surface area contributed by atoms with Gasteiger partial charge in [-0.3, -0.25) is 14.9 Å². The largest absolute Gasteiger partial charge is 0.377 e. The number of nitrogens with two attached hydrogens (primary N) is 1. The highest BCUT2D eigenvalue weighted by Gasteiger charge is 2.18. The van der Waals surface area contributed by atoms with Gasteiger partial charge in [0.25, 0.3) is 5.69 Å². The van der Waals surface area contributed by atoms with Gasteiger partial charge in [0.1, 0.15) is 5.69 Å². The number of nitro groups is 1. The Balaban J connectivity index is 2.94. The molecule has 17 heavy (non-hydrogen) atoms. The molecular formula is C11H15N3O3. The number of nitrogens with zero attached hydrogens (tertiary/aromatic N) is 1. The summed E-state index contributed by atoms with van der Waals surface area (Å²) in [6.45, 7) is 3.42. The van der Waals surface area contributed by atoms with E-state index >= 15 is 0 Å². The van der Waals surface area contributed by atoms with Crippen LogP contribution in [0.4, 0.5) is 11.4 Å². The first-order valence-electron chi connectivity index (χ1n) is 5.20. The van der Waals surface area contributed by atoms with E-state index in [1.54, 1.807) is 32.0 Å². The molecule has 1 unspecified atom stereocenters. The van der Waals surface area contributed by atoms with Crippen LogP contribution in [0.2, 0.25) is 0 Å². The van der Waals surface area contributed by atoms with Gasteiger partial charge in [0, 0.05) is 18.0 Å². The number of hydrogen-bond donors (Lipinski definition) is 2. The van der Waals surface area contributed by atoms with E-state index in [1.165, 1.54) is 0 Å². The van der Waals surface area contributed by atoms with Crippen LogP contribution in [-0.2, 0) is 4.79 Å². The Labute approximate surface area is 99.0 Å². The third-order valence-corrected chi connectivity index (χ3v) is 2.33. The topological polar surface area (TPSA) is 98.3 Å². The summed E-state index contributed by atoms with van der Waals surface area (Å²) in [5, 5.41) is 13.8. The number of hydrogen-bond acceptors (Lipinski definition) is 4. The Morgan fingerprint density at radius 3 is 2.76 bits per heavy atom. The highest BCUT2D eigenvalue weighted by atomic mass is 16.6. The quantitative estimate of drug-likeness (QED) is 0.600. The maximum Gasteiger partial charge on any atom is 0.295 e. The first-order valence-corrected chi connectivity index (χ1v) is 5.20. The molecule has 1 aromatic rings. The highest BCUT2D eigenvalue weighted by molar-refractivity contribution is 5.75. The zero-order valence-electron chi connectivity index (χ0n) is 9.77. The second-order valence-corrected chi connectivity index (χ2v) is 3.94. The lowest BCUT2D eigenvalue weighted by molar-refractivity contribution is -0.384. The molecule has 1 aromatic carbocycles. The van der Waals surface area contributed by atoms with Crippen molar-refractivity contribution in [3.63, 3.8) is 0 Å². The lowest BCUT2D eigenvalue weighted by Crippen LogP contribution is -2.24. The summed E-state index contributed by atoms with van der Waals surface area (Å²) in [7, 11) is 0. The van der Waals surface area contributed by atoms with E-state index in [4.69, 9.17) is 5.73 Å². The van der Waals surface area contributed by atoms with E-state index in [9.17, 15) is 14.9 Å². The summed E-state index contributed by atoms with van der Waals surface area (Å²) < 4.78 is 0. The number of benzene rings is 1. The van der Waals surface area contributed by atoms with Crippen molar-refractivity contribution in [2.45, 2.75) is 26.3 Å². The van der Waals surface area contributed by atoms with Gasteiger partial charge in [-0.25, -0.2) is 0 Å². The van der Waals surface area contributed by atoms with E-state index in [0.29, 0.717) is 11.3 Å². The molecule has 1 rings (SSSR count). The summed E-state index contributed by atoms with van der Waals surface area (Å²) in [4.78, 5) is 21.2. The van der Waals surface area contributed by atoms with Crippen molar-refractivity contribution in [1.82, 2.24) is 0 Å². The lowest BCUT2D eigenvalue weighted by atomic mass is 10.1. The average Bonchev–Trinajstić information content (AvgIpc) is 2.15. The second kappa shape index (κ2) is 5.29. The van der Waals surface area contributed by atoms with Gasteiger partial charge in [-0.2, -0.15) is 0 Å². The van der Waals surface area contributed by atoms with Gasteiger partial charge in [0.2, 0.25) is 5.91 Å². The van der Waals surface area contributed by atoms with Crippen molar-refractivity contribution in [3.05, 3.63) is 33.9 Å². The minimum atomic E-state index is -0.444. The maximum absolute atomic E-state index is 10.9. The number of anilines is 1. The molecule has 0 saturated heterocycles. The molecule has 0 spiro atoms. The summed E-state index contributed by atoms with van der Waals surface area (Å²) in [5.74, 6) is -0.444. The molecule has 1 atom stereocenters. The highest BCUT2D eigenvalue weighted by Crippen LogP contribution is 2.28. The van der Waals surface area contributed by atoms with E-state index in [2.05, 4.69) is 5.32 Å². The number of carbonyl (C=O) groups is 1.